The number of hydrogen-bond donors (Lipinski definition) is 1. The van der Waals surface area contributed by atoms with E-state index < -0.39 is 0 Å². The van der Waals surface area contributed by atoms with Crippen LogP contribution in [-0.2, 0) is 4.18 Å². The van der Waals surface area contributed by atoms with Crippen LogP contribution in [0.5, 0.6) is 0 Å². The highest BCUT2D eigenvalue weighted by molar-refractivity contribution is 14.2. The average Bonchev–Trinajstić information content (AvgIpc) is 2.53. The summed E-state index contributed by atoms with van der Waals surface area (Å²) in [5.41, 5.74) is 3.18. The molecule has 0 bridgehead atoms. The van der Waals surface area contributed by atoms with Gasteiger partial charge in [-0.2, -0.15) is 0 Å². The summed E-state index contributed by atoms with van der Waals surface area (Å²) in [6, 6.07) is 0. The van der Waals surface area contributed by atoms with Gasteiger partial charge in [0, 0.05) is 26.6 Å². The van der Waals surface area contributed by atoms with Crippen LogP contribution in [0.4, 0.5) is 0 Å². The van der Waals surface area contributed by atoms with Gasteiger partial charge in [0.05, 0.1) is 15.3 Å². The number of piperidine rings is 1. The lowest BCUT2D eigenvalue weighted by Gasteiger charge is -2.36. The van der Waals surface area contributed by atoms with Crippen LogP contribution >= 0.6 is 30.4 Å². The second-order valence-corrected chi connectivity index (χ2v) is 6.08. The van der Waals surface area contributed by atoms with Crippen molar-refractivity contribution in [2.75, 3.05) is 13.1 Å². The van der Waals surface area contributed by atoms with Crippen molar-refractivity contribution in [1.82, 2.24) is 5.32 Å². The van der Waals surface area contributed by atoms with Crippen molar-refractivity contribution in [3.63, 3.8) is 0 Å². The minimum Gasteiger partial charge on any atom is -0.317 e. The summed E-state index contributed by atoms with van der Waals surface area (Å²) in [5.74, 6) is 0. The summed E-state index contributed by atoms with van der Waals surface area (Å²) in [6.07, 6.45) is 5.92. The van der Waals surface area contributed by atoms with E-state index >= 15 is 0 Å². The number of rotatable bonds is 3. The van der Waals surface area contributed by atoms with E-state index in [1.54, 1.807) is 0 Å². The SMILES string of the molecule is C=CC1=C(C)C(OSI)CC12CCNCC2. The van der Waals surface area contributed by atoms with E-state index in [1.807, 2.05) is 0 Å². The molecule has 2 aliphatic rings. The van der Waals surface area contributed by atoms with Gasteiger partial charge in [-0.15, -0.1) is 0 Å². The standard InChI is InChI=1S/C12H18INOS/c1-3-10-9(2)11(15-16-13)8-12(10)4-6-14-7-5-12/h3,11,14H,1,4-8H2,2H3. The Labute approximate surface area is 114 Å². The van der Waals surface area contributed by atoms with E-state index in [9.17, 15) is 0 Å². The van der Waals surface area contributed by atoms with E-state index in [0.29, 0.717) is 5.41 Å². The van der Waals surface area contributed by atoms with Crippen LogP contribution in [0.15, 0.2) is 23.8 Å². The molecule has 0 amide bonds. The molecule has 1 saturated heterocycles. The van der Waals surface area contributed by atoms with E-state index in [4.69, 9.17) is 4.18 Å². The van der Waals surface area contributed by atoms with Crippen LogP contribution in [0.2, 0.25) is 0 Å². The topological polar surface area (TPSA) is 21.3 Å². The lowest BCUT2D eigenvalue weighted by Crippen LogP contribution is -2.37. The fourth-order valence-corrected chi connectivity index (χ4v) is 4.17. The lowest BCUT2D eigenvalue weighted by atomic mass is 9.73. The van der Waals surface area contributed by atoms with Crippen LogP contribution < -0.4 is 5.32 Å². The third kappa shape index (κ3) is 2.21. The minimum absolute atomic E-state index is 0.285. The number of allylic oxidation sites excluding steroid dienone is 2. The molecule has 1 fully saturated rings. The van der Waals surface area contributed by atoms with Gasteiger partial charge in [0.2, 0.25) is 0 Å². The zero-order valence-electron chi connectivity index (χ0n) is 9.59. The molecular weight excluding hydrogens is 333 g/mol. The monoisotopic (exact) mass is 351 g/mol. The van der Waals surface area contributed by atoms with Gasteiger partial charge < -0.3 is 5.32 Å². The van der Waals surface area contributed by atoms with Crippen LogP contribution in [0.1, 0.15) is 26.2 Å². The maximum atomic E-state index is 5.75. The molecule has 0 saturated carbocycles. The van der Waals surface area contributed by atoms with E-state index in [-0.39, 0.29) is 6.10 Å². The molecule has 1 unspecified atom stereocenters. The van der Waals surface area contributed by atoms with Gasteiger partial charge in [-0.1, -0.05) is 12.7 Å². The van der Waals surface area contributed by atoms with Crippen LogP contribution in [-0.4, -0.2) is 19.2 Å². The van der Waals surface area contributed by atoms with Crippen LogP contribution in [0.3, 0.4) is 0 Å². The summed E-state index contributed by atoms with van der Waals surface area (Å²) in [5, 5.41) is 3.44. The third-order valence-corrected chi connectivity index (χ3v) is 4.90. The van der Waals surface area contributed by atoms with Crippen molar-refractivity contribution in [3.8, 4) is 0 Å². The zero-order chi connectivity index (χ0) is 11.6. The number of hydrogen-bond acceptors (Lipinski definition) is 3. The minimum atomic E-state index is 0.285. The number of halogens is 1. The molecule has 2 nitrogen and oxygen atoms in total. The van der Waals surface area contributed by atoms with Crippen molar-refractivity contribution in [1.29, 1.82) is 0 Å². The maximum absolute atomic E-state index is 5.75. The zero-order valence-corrected chi connectivity index (χ0v) is 12.6. The van der Waals surface area contributed by atoms with E-state index in [1.165, 1.54) is 33.2 Å². The van der Waals surface area contributed by atoms with Crippen LogP contribution in [0, 0.1) is 5.41 Å². The molecule has 0 aromatic rings. The normalized spacial score (nSPS) is 28.8. The van der Waals surface area contributed by atoms with Gasteiger partial charge in [0.1, 0.15) is 0 Å². The highest BCUT2D eigenvalue weighted by Crippen LogP contribution is 2.51. The summed E-state index contributed by atoms with van der Waals surface area (Å²) < 4.78 is 5.75. The molecule has 1 heterocycles. The van der Waals surface area contributed by atoms with Crippen molar-refractivity contribution in [3.05, 3.63) is 23.8 Å². The Bertz CT molecular complexity index is 310. The second-order valence-electron chi connectivity index (χ2n) is 4.68. The van der Waals surface area contributed by atoms with Crippen molar-refractivity contribution in [2.45, 2.75) is 32.3 Å². The van der Waals surface area contributed by atoms with Gasteiger partial charge in [-0.05, 0) is 50.4 Å². The van der Waals surface area contributed by atoms with Crippen molar-refractivity contribution < 1.29 is 4.18 Å². The van der Waals surface area contributed by atoms with Crippen molar-refractivity contribution in [2.24, 2.45) is 5.41 Å². The van der Waals surface area contributed by atoms with Gasteiger partial charge in [0.25, 0.3) is 0 Å². The Morgan fingerprint density at radius 1 is 1.56 bits per heavy atom. The molecule has 4 heteroatoms. The Balaban J connectivity index is 2.24. The summed E-state index contributed by atoms with van der Waals surface area (Å²) in [4.78, 5) is 0. The smallest absolute Gasteiger partial charge is 0.0953 e. The summed E-state index contributed by atoms with van der Waals surface area (Å²) in [7, 11) is 1.45. The molecule has 16 heavy (non-hydrogen) atoms. The van der Waals surface area contributed by atoms with Gasteiger partial charge in [-0.3, -0.25) is 4.18 Å². The molecule has 1 aliphatic heterocycles. The average molecular weight is 351 g/mol. The Morgan fingerprint density at radius 2 is 2.25 bits per heavy atom. The predicted octanol–water partition coefficient (Wildman–Crippen LogP) is 3.65. The Kier molecular flexibility index (Phi) is 4.38. The van der Waals surface area contributed by atoms with Crippen LogP contribution in [0.25, 0.3) is 0 Å². The molecular formula is C12H18INOS. The van der Waals surface area contributed by atoms with Gasteiger partial charge in [0.15, 0.2) is 0 Å². The van der Waals surface area contributed by atoms with E-state index in [0.717, 1.165) is 19.5 Å². The Morgan fingerprint density at radius 3 is 2.81 bits per heavy atom. The Hall–Kier alpha value is 0.480. The molecule has 2 rings (SSSR count). The summed E-state index contributed by atoms with van der Waals surface area (Å²) >= 11 is 2.20. The first-order chi connectivity index (χ1) is 7.73. The third-order valence-electron chi connectivity index (χ3n) is 3.97. The van der Waals surface area contributed by atoms with Crippen molar-refractivity contribution >= 4 is 30.4 Å². The fourth-order valence-electron chi connectivity index (χ4n) is 3.12. The largest absolute Gasteiger partial charge is 0.317 e. The second kappa shape index (κ2) is 5.42. The summed E-state index contributed by atoms with van der Waals surface area (Å²) in [6.45, 7) is 8.43. The fraction of sp³-hybridized carbons (Fsp3) is 0.667. The molecule has 1 aliphatic carbocycles. The first-order valence-corrected chi connectivity index (χ1v) is 9.00. The number of nitrogens with one attached hydrogen (secondary N) is 1. The molecule has 1 atom stereocenters. The molecule has 1 spiro atoms. The lowest BCUT2D eigenvalue weighted by molar-refractivity contribution is 0.186. The molecule has 0 radical (unpaired) electrons. The molecule has 0 aromatic carbocycles. The highest BCUT2D eigenvalue weighted by atomic mass is 127. The molecule has 90 valence electrons. The van der Waals surface area contributed by atoms with Gasteiger partial charge in [-0.25, -0.2) is 0 Å². The first kappa shape index (κ1) is 12.9. The van der Waals surface area contributed by atoms with Gasteiger partial charge >= 0.3 is 0 Å². The van der Waals surface area contributed by atoms with E-state index in [2.05, 4.69) is 46.1 Å². The molecule has 1 N–H and O–H groups in total. The highest BCUT2D eigenvalue weighted by Gasteiger charge is 2.44. The first-order valence-electron chi connectivity index (χ1n) is 5.72. The quantitative estimate of drug-likeness (QED) is 0.620. The maximum Gasteiger partial charge on any atom is 0.0953 e. The molecule has 0 aromatic heterocycles. The predicted molar refractivity (Wildman–Crippen MR) is 78.5 cm³/mol.